The number of aromatic nitrogens is 1. The molecule has 1 amide bonds. The van der Waals surface area contributed by atoms with Crippen molar-refractivity contribution in [2.45, 2.75) is 12.2 Å². The largest absolute Gasteiger partial charge is 0.340 e. The molecule has 1 aromatic heterocycles. The summed E-state index contributed by atoms with van der Waals surface area (Å²) < 4.78 is 0. The molecule has 0 saturated carbocycles. The van der Waals surface area contributed by atoms with Crippen molar-refractivity contribution in [2.24, 2.45) is 5.73 Å². The Bertz CT molecular complexity index is 587. The number of nitrogens with two attached hydrogens (primary N) is 1. The van der Waals surface area contributed by atoms with Gasteiger partial charge in [-0.2, -0.15) is 0 Å². The molecule has 2 aromatic rings. The van der Waals surface area contributed by atoms with Crippen LogP contribution in [0, 0.1) is 0 Å². The number of pyridine rings is 1. The number of benzene rings is 1. The van der Waals surface area contributed by atoms with Crippen molar-refractivity contribution in [3.63, 3.8) is 0 Å². The van der Waals surface area contributed by atoms with Gasteiger partial charge in [-0.3, -0.25) is 9.78 Å². The maximum absolute atomic E-state index is 12.4. The van der Waals surface area contributed by atoms with Gasteiger partial charge >= 0.3 is 0 Å². The highest BCUT2D eigenvalue weighted by Crippen LogP contribution is 2.12. The smallest absolute Gasteiger partial charge is 0.232 e. The van der Waals surface area contributed by atoms with Crippen molar-refractivity contribution < 1.29 is 4.79 Å². The first kappa shape index (κ1) is 23.7. The van der Waals surface area contributed by atoms with Gasteiger partial charge in [-0.1, -0.05) is 36.4 Å². The first-order valence-electron chi connectivity index (χ1n) is 7.78. The zero-order valence-electron chi connectivity index (χ0n) is 14.0. The van der Waals surface area contributed by atoms with Crippen LogP contribution >= 0.6 is 36.6 Å². The summed E-state index contributed by atoms with van der Waals surface area (Å²) in [5.41, 5.74) is 8.03. The Balaban J connectivity index is 0.00000288. The molecule has 2 rings (SSSR count). The molecule has 0 bridgehead atoms. The highest BCUT2D eigenvalue weighted by Gasteiger charge is 2.12. The SMILES string of the molecule is Cl.Cl.NCCN(CCc1ccccc1)C(=O)CSCc1cccnc1. The summed E-state index contributed by atoms with van der Waals surface area (Å²) in [6, 6.07) is 14.2. The number of hydrogen-bond donors (Lipinski definition) is 1. The molecule has 25 heavy (non-hydrogen) atoms. The van der Waals surface area contributed by atoms with Gasteiger partial charge < -0.3 is 10.6 Å². The van der Waals surface area contributed by atoms with Crippen LogP contribution in [0.4, 0.5) is 0 Å². The van der Waals surface area contributed by atoms with Crippen molar-refractivity contribution in [1.29, 1.82) is 0 Å². The van der Waals surface area contributed by atoms with Crippen molar-refractivity contribution >= 4 is 42.5 Å². The van der Waals surface area contributed by atoms with Crippen LogP contribution in [-0.4, -0.2) is 41.2 Å². The van der Waals surface area contributed by atoms with E-state index in [1.165, 1.54) is 5.56 Å². The summed E-state index contributed by atoms with van der Waals surface area (Å²) in [4.78, 5) is 18.3. The van der Waals surface area contributed by atoms with Crippen LogP contribution in [0.3, 0.4) is 0 Å². The second-order valence-electron chi connectivity index (χ2n) is 5.26. The van der Waals surface area contributed by atoms with Crippen LogP contribution in [0.25, 0.3) is 0 Å². The van der Waals surface area contributed by atoms with E-state index < -0.39 is 0 Å². The quantitative estimate of drug-likeness (QED) is 0.700. The lowest BCUT2D eigenvalue weighted by atomic mass is 10.1. The monoisotopic (exact) mass is 401 g/mol. The fourth-order valence-electron chi connectivity index (χ4n) is 2.26. The highest BCUT2D eigenvalue weighted by atomic mass is 35.5. The molecule has 4 nitrogen and oxygen atoms in total. The van der Waals surface area contributed by atoms with Crippen LogP contribution in [0.1, 0.15) is 11.1 Å². The standard InChI is InChI=1S/C18H23N3OS.2ClH/c19-9-12-21(11-8-16-5-2-1-3-6-16)18(22)15-23-14-17-7-4-10-20-13-17;;/h1-7,10,13H,8-9,11-12,14-15,19H2;2*1H. The van der Waals surface area contributed by atoms with Crippen molar-refractivity contribution in [3.8, 4) is 0 Å². The number of carbonyl (C=O) groups is 1. The van der Waals surface area contributed by atoms with Gasteiger partial charge in [0.25, 0.3) is 0 Å². The van der Waals surface area contributed by atoms with E-state index in [1.807, 2.05) is 41.4 Å². The normalized spacial score (nSPS) is 9.64. The van der Waals surface area contributed by atoms with E-state index in [-0.39, 0.29) is 30.7 Å². The van der Waals surface area contributed by atoms with Crippen molar-refractivity contribution in [3.05, 3.63) is 66.0 Å². The molecule has 2 N–H and O–H groups in total. The average molecular weight is 402 g/mol. The lowest BCUT2D eigenvalue weighted by molar-refractivity contribution is -0.128. The maximum atomic E-state index is 12.4. The van der Waals surface area contributed by atoms with Crippen LogP contribution < -0.4 is 5.73 Å². The fraction of sp³-hybridized carbons (Fsp3) is 0.333. The molecule has 0 aliphatic rings. The third kappa shape index (κ3) is 9.12. The zero-order chi connectivity index (χ0) is 16.3. The van der Waals surface area contributed by atoms with Crippen molar-refractivity contribution in [1.82, 2.24) is 9.88 Å². The molecule has 7 heteroatoms. The van der Waals surface area contributed by atoms with Gasteiger partial charge in [-0.05, 0) is 23.6 Å². The van der Waals surface area contributed by atoms with E-state index in [0.29, 0.717) is 25.4 Å². The maximum Gasteiger partial charge on any atom is 0.232 e. The van der Waals surface area contributed by atoms with Gasteiger partial charge in [0.05, 0.1) is 5.75 Å². The predicted molar refractivity (Wildman–Crippen MR) is 111 cm³/mol. The predicted octanol–water partition coefficient (Wildman–Crippen LogP) is 3.19. The number of amides is 1. The number of rotatable bonds is 9. The molecule has 0 fully saturated rings. The third-order valence-corrected chi connectivity index (χ3v) is 4.47. The molecular formula is C18H25Cl2N3OS. The van der Waals surface area contributed by atoms with E-state index >= 15 is 0 Å². The molecule has 0 aliphatic carbocycles. The molecule has 0 spiro atoms. The van der Waals surface area contributed by atoms with Crippen LogP contribution in [0.15, 0.2) is 54.9 Å². The molecular weight excluding hydrogens is 377 g/mol. The molecule has 0 radical (unpaired) electrons. The number of halogens is 2. The van der Waals surface area contributed by atoms with Crippen LogP contribution in [-0.2, 0) is 17.0 Å². The van der Waals surface area contributed by atoms with Gasteiger partial charge in [0, 0.05) is 37.8 Å². The van der Waals surface area contributed by atoms with E-state index in [4.69, 9.17) is 5.73 Å². The second kappa shape index (κ2) is 14.0. The van der Waals surface area contributed by atoms with E-state index in [1.54, 1.807) is 18.0 Å². The van der Waals surface area contributed by atoms with E-state index in [0.717, 1.165) is 17.7 Å². The molecule has 0 unspecified atom stereocenters. The summed E-state index contributed by atoms with van der Waals surface area (Å²) >= 11 is 1.62. The minimum Gasteiger partial charge on any atom is -0.340 e. The Morgan fingerprint density at radius 1 is 1.04 bits per heavy atom. The van der Waals surface area contributed by atoms with E-state index in [9.17, 15) is 4.79 Å². The Morgan fingerprint density at radius 3 is 2.40 bits per heavy atom. The zero-order valence-corrected chi connectivity index (χ0v) is 16.5. The Kier molecular flexibility index (Phi) is 13.2. The summed E-state index contributed by atoms with van der Waals surface area (Å²) in [5.74, 6) is 1.43. The molecule has 138 valence electrons. The molecule has 1 heterocycles. The number of thioether (sulfide) groups is 1. The van der Waals surface area contributed by atoms with Gasteiger partial charge in [0.2, 0.25) is 5.91 Å². The van der Waals surface area contributed by atoms with E-state index in [2.05, 4.69) is 17.1 Å². The number of nitrogens with zero attached hydrogens (tertiary/aromatic N) is 2. The number of hydrogen-bond acceptors (Lipinski definition) is 4. The van der Waals surface area contributed by atoms with Gasteiger partial charge in [0.1, 0.15) is 0 Å². The minimum absolute atomic E-state index is 0. The highest BCUT2D eigenvalue weighted by molar-refractivity contribution is 7.99. The summed E-state index contributed by atoms with van der Waals surface area (Å²) in [6.45, 7) is 1.82. The molecule has 0 saturated heterocycles. The van der Waals surface area contributed by atoms with Crippen LogP contribution in [0.2, 0.25) is 0 Å². The van der Waals surface area contributed by atoms with Crippen LogP contribution in [0.5, 0.6) is 0 Å². The third-order valence-electron chi connectivity index (χ3n) is 3.48. The van der Waals surface area contributed by atoms with Gasteiger partial charge in [0.15, 0.2) is 0 Å². The van der Waals surface area contributed by atoms with Crippen molar-refractivity contribution in [2.75, 3.05) is 25.4 Å². The van der Waals surface area contributed by atoms with Gasteiger partial charge in [-0.25, -0.2) is 0 Å². The summed E-state index contributed by atoms with van der Waals surface area (Å²) in [6.07, 6.45) is 4.45. The lowest BCUT2D eigenvalue weighted by Crippen LogP contribution is -2.38. The Morgan fingerprint density at radius 2 is 1.76 bits per heavy atom. The summed E-state index contributed by atoms with van der Waals surface area (Å²) in [7, 11) is 0. The first-order chi connectivity index (χ1) is 11.3. The Labute approximate surface area is 166 Å². The second-order valence-corrected chi connectivity index (χ2v) is 6.24. The minimum atomic E-state index is 0. The lowest BCUT2D eigenvalue weighted by Gasteiger charge is -2.22. The topological polar surface area (TPSA) is 59.2 Å². The molecule has 0 atom stereocenters. The van der Waals surface area contributed by atoms with Gasteiger partial charge in [-0.15, -0.1) is 36.6 Å². The average Bonchev–Trinajstić information content (AvgIpc) is 2.60. The molecule has 0 aliphatic heterocycles. The Hall–Kier alpha value is -1.27. The first-order valence-corrected chi connectivity index (χ1v) is 8.93. The number of carbonyl (C=O) groups excluding carboxylic acids is 1. The summed E-state index contributed by atoms with van der Waals surface area (Å²) in [5, 5.41) is 0. The molecule has 1 aromatic carbocycles. The fourth-order valence-corrected chi connectivity index (χ4v) is 3.12.